The Morgan fingerprint density at radius 2 is 1.89 bits per heavy atom. The number of benzene rings is 1. The third-order valence-electron chi connectivity index (χ3n) is 3.06. The van der Waals surface area contributed by atoms with Crippen LogP contribution in [0.15, 0.2) is 29.3 Å². The van der Waals surface area contributed by atoms with Gasteiger partial charge in [0, 0.05) is 12.8 Å². The van der Waals surface area contributed by atoms with E-state index in [0.717, 1.165) is 43.9 Å². The molecule has 0 aliphatic rings. The zero-order valence-electron chi connectivity index (χ0n) is 11.4. The third-order valence-corrected chi connectivity index (χ3v) is 3.06. The lowest BCUT2D eigenvalue weighted by Gasteiger charge is -2.10. The molecule has 0 saturated carbocycles. The lowest BCUT2D eigenvalue weighted by molar-refractivity contribution is -0.137. The van der Waals surface area contributed by atoms with Gasteiger partial charge in [-0.25, -0.2) is 0 Å². The molecule has 0 bridgehead atoms. The van der Waals surface area contributed by atoms with E-state index in [-0.39, 0.29) is 0 Å². The zero-order valence-corrected chi connectivity index (χ0v) is 11.4. The monoisotopic (exact) mass is 271 g/mol. The Bertz CT molecular complexity index is 422. The maximum Gasteiger partial charge on any atom is 0.416 e. The second kappa shape index (κ2) is 7.31. The van der Waals surface area contributed by atoms with E-state index in [1.807, 2.05) is 0 Å². The maximum atomic E-state index is 12.6. The number of hydrogen-bond acceptors (Lipinski definition) is 1. The highest BCUT2D eigenvalue weighted by Gasteiger charge is 2.30. The maximum absolute atomic E-state index is 12.6. The second-order valence-corrected chi connectivity index (χ2v) is 4.56. The molecule has 0 saturated heterocycles. The minimum absolute atomic E-state index is 0.578. The van der Waals surface area contributed by atoms with Crippen molar-refractivity contribution in [3.63, 3.8) is 0 Å². The molecule has 1 aromatic carbocycles. The van der Waals surface area contributed by atoms with E-state index in [4.69, 9.17) is 0 Å². The number of alkyl halides is 3. The van der Waals surface area contributed by atoms with Gasteiger partial charge >= 0.3 is 6.18 Å². The topological polar surface area (TPSA) is 12.4 Å². The number of hydrogen-bond donors (Lipinski definition) is 0. The summed E-state index contributed by atoms with van der Waals surface area (Å²) in [7, 11) is 1.63. The van der Waals surface area contributed by atoms with Gasteiger partial charge in [0.25, 0.3) is 0 Å². The zero-order chi connectivity index (χ0) is 14.3. The van der Waals surface area contributed by atoms with Crippen molar-refractivity contribution in [2.24, 2.45) is 4.99 Å². The van der Waals surface area contributed by atoms with Crippen molar-refractivity contribution >= 4 is 5.71 Å². The first-order valence-corrected chi connectivity index (χ1v) is 6.62. The van der Waals surface area contributed by atoms with Crippen LogP contribution in [0.5, 0.6) is 0 Å². The SMILES string of the molecule is CCCCCCC(=NC)c1cccc(C(F)(F)F)c1. The smallest absolute Gasteiger partial charge is 0.292 e. The van der Waals surface area contributed by atoms with Gasteiger partial charge in [0.15, 0.2) is 0 Å². The molecule has 4 heteroatoms. The molecule has 0 atom stereocenters. The predicted molar refractivity (Wildman–Crippen MR) is 72.7 cm³/mol. The minimum Gasteiger partial charge on any atom is -0.292 e. The van der Waals surface area contributed by atoms with Crippen molar-refractivity contribution in [3.05, 3.63) is 35.4 Å². The average molecular weight is 271 g/mol. The highest BCUT2D eigenvalue weighted by Crippen LogP contribution is 2.29. The fourth-order valence-electron chi connectivity index (χ4n) is 1.98. The van der Waals surface area contributed by atoms with Gasteiger partial charge in [0.1, 0.15) is 0 Å². The van der Waals surface area contributed by atoms with Crippen LogP contribution >= 0.6 is 0 Å². The minimum atomic E-state index is -4.29. The molecular formula is C15H20F3N. The Kier molecular flexibility index (Phi) is 6.06. The van der Waals surface area contributed by atoms with Crippen molar-refractivity contribution in [1.82, 2.24) is 0 Å². The summed E-state index contributed by atoms with van der Waals surface area (Å²) in [5.74, 6) is 0. The Morgan fingerprint density at radius 3 is 2.47 bits per heavy atom. The standard InChI is InChI=1S/C15H20F3N/c1-3-4-5-6-10-14(19-2)12-8-7-9-13(11-12)15(16,17)18/h7-9,11H,3-6,10H2,1-2H3. The van der Waals surface area contributed by atoms with Crippen LogP contribution in [0.25, 0.3) is 0 Å². The molecule has 0 spiro atoms. The van der Waals surface area contributed by atoms with Gasteiger partial charge in [-0.15, -0.1) is 0 Å². The normalized spacial score (nSPS) is 12.8. The van der Waals surface area contributed by atoms with Crippen molar-refractivity contribution in [2.75, 3.05) is 7.05 Å². The van der Waals surface area contributed by atoms with Gasteiger partial charge in [-0.05, 0) is 30.5 Å². The first-order valence-electron chi connectivity index (χ1n) is 6.62. The van der Waals surface area contributed by atoms with Crippen LogP contribution in [0, 0.1) is 0 Å². The first kappa shape index (κ1) is 15.7. The lowest BCUT2D eigenvalue weighted by Crippen LogP contribution is -2.08. The fraction of sp³-hybridized carbons (Fsp3) is 0.533. The van der Waals surface area contributed by atoms with Gasteiger partial charge in [0.05, 0.1) is 5.56 Å². The van der Waals surface area contributed by atoms with Crippen molar-refractivity contribution in [2.45, 2.75) is 45.2 Å². The van der Waals surface area contributed by atoms with Crippen LogP contribution < -0.4 is 0 Å². The quantitative estimate of drug-likeness (QED) is 0.504. The highest BCUT2D eigenvalue weighted by atomic mass is 19.4. The van der Waals surface area contributed by atoms with Crippen LogP contribution in [-0.4, -0.2) is 12.8 Å². The van der Waals surface area contributed by atoms with Crippen LogP contribution in [0.4, 0.5) is 13.2 Å². The molecule has 0 aliphatic heterocycles. The molecule has 0 amide bonds. The van der Waals surface area contributed by atoms with E-state index < -0.39 is 11.7 Å². The van der Waals surface area contributed by atoms with Crippen LogP contribution in [0.1, 0.15) is 50.2 Å². The second-order valence-electron chi connectivity index (χ2n) is 4.56. The van der Waals surface area contributed by atoms with Crippen molar-refractivity contribution in [1.29, 1.82) is 0 Å². The summed E-state index contributed by atoms with van der Waals surface area (Å²) in [5.41, 5.74) is 0.718. The molecule has 0 unspecified atom stereocenters. The number of rotatable bonds is 6. The Hall–Kier alpha value is -1.32. The lowest BCUT2D eigenvalue weighted by atomic mass is 10.0. The molecule has 0 radical (unpaired) electrons. The fourth-order valence-corrected chi connectivity index (χ4v) is 1.98. The summed E-state index contributed by atoms with van der Waals surface area (Å²) in [4.78, 5) is 4.13. The Labute approximate surface area is 112 Å². The molecule has 0 aromatic heterocycles. The van der Waals surface area contributed by atoms with Crippen molar-refractivity contribution < 1.29 is 13.2 Å². The molecule has 1 nitrogen and oxygen atoms in total. The van der Waals surface area contributed by atoms with Crippen molar-refractivity contribution in [3.8, 4) is 0 Å². The number of unbranched alkanes of at least 4 members (excludes halogenated alkanes) is 3. The van der Waals surface area contributed by atoms with Gasteiger partial charge < -0.3 is 0 Å². The van der Waals surface area contributed by atoms with Crippen LogP contribution in [-0.2, 0) is 6.18 Å². The molecule has 0 aliphatic carbocycles. The van der Waals surface area contributed by atoms with E-state index in [0.29, 0.717) is 5.56 Å². The van der Waals surface area contributed by atoms with E-state index in [1.165, 1.54) is 12.1 Å². The van der Waals surface area contributed by atoms with Crippen LogP contribution in [0.2, 0.25) is 0 Å². The number of nitrogens with zero attached hydrogens (tertiary/aromatic N) is 1. The molecule has 106 valence electrons. The summed E-state index contributed by atoms with van der Waals surface area (Å²) in [6.07, 6.45) is 0.794. The molecule has 0 fully saturated rings. The third kappa shape index (κ3) is 5.05. The molecule has 0 heterocycles. The summed E-state index contributed by atoms with van der Waals surface area (Å²) < 4.78 is 37.9. The van der Waals surface area contributed by atoms with Gasteiger partial charge in [-0.1, -0.05) is 38.3 Å². The van der Waals surface area contributed by atoms with Crippen LogP contribution in [0.3, 0.4) is 0 Å². The Balaban J connectivity index is 2.77. The molecule has 0 N–H and O–H groups in total. The highest BCUT2D eigenvalue weighted by molar-refractivity contribution is 6.00. The van der Waals surface area contributed by atoms with E-state index >= 15 is 0 Å². The summed E-state index contributed by atoms with van der Waals surface area (Å²) in [6.45, 7) is 2.13. The van der Waals surface area contributed by atoms with Gasteiger partial charge in [-0.3, -0.25) is 4.99 Å². The molecule has 19 heavy (non-hydrogen) atoms. The largest absolute Gasteiger partial charge is 0.416 e. The summed E-state index contributed by atoms with van der Waals surface area (Å²) in [5, 5.41) is 0. The molecule has 1 rings (SSSR count). The van der Waals surface area contributed by atoms with E-state index in [1.54, 1.807) is 13.1 Å². The summed E-state index contributed by atoms with van der Waals surface area (Å²) in [6, 6.07) is 5.41. The molecule has 1 aromatic rings. The number of aliphatic imine (C=N–C) groups is 1. The average Bonchev–Trinajstić information content (AvgIpc) is 2.38. The molecular weight excluding hydrogens is 251 g/mol. The number of halogens is 3. The van der Waals surface area contributed by atoms with Gasteiger partial charge in [-0.2, -0.15) is 13.2 Å². The summed E-state index contributed by atoms with van der Waals surface area (Å²) >= 11 is 0. The van der Waals surface area contributed by atoms with E-state index in [2.05, 4.69) is 11.9 Å². The van der Waals surface area contributed by atoms with E-state index in [9.17, 15) is 13.2 Å². The predicted octanol–water partition coefficient (Wildman–Crippen LogP) is 5.09. The Morgan fingerprint density at radius 1 is 1.16 bits per heavy atom. The first-order chi connectivity index (χ1) is 8.99. The van der Waals surface area contributed by atoms with Gasteiger partial charge in [0.2, 0.25) is 0 Å².